The Labute approximate surface area is 177 Å². The van der Waals surface area contributed by atoms with Gasteiger partial charge in [-0.15, -0.1) is 6.58 Å². The summed E-state index contributed by atoms with van der Waals surface area (Å²) in [5.74, 6) is -3.39. The lowest BCUT2D eigenvalue weighted by atomic mass is 9.83. The van der Waals surface area contributed by atoms with Gasteiger partial charge in [0.15, 0.2) is 0 Å². The van der Waals surface area contributed by atoms with Crippen LogP contribution in [0.5, 0.6) is 0 Å². The maximum atomic E-state index is 13.5. The molecule has 0 bridgehead atoms. The molecule has 0 spiro atoms. The molecule has 1 amide bonds. The van der Waals surface area contributed by atoms with E-state index in [4.69, 9.17) is 4.74 Å². The Hall–Kier alpha value is -2.93. The molecule has 0 N–H and O–H groups in total. The number of ether oxygens (including phenoxy) is 1. The zero-order valence-corrected chi connectivity index (χ0v) is 17.8. The van der Waals surface area contributed by atoms with E-state index in [0.29, 0.717) is 5.56 Å². The molecule has 158 valence electrons. The van der Waals surface area contributed by atoms with E-state index in [2.05, 4.69) is 6.58 Å². The molecule has 1 heterocycles. The minimum absolute atomic E-state index is 0.00633. The normalized spacial score (nSPS) is 21.5. The zero-order valence-electron chi connectivity index (χ0n) is 17.0. The Morgan fingerprint density at radius 3 is 2.33 bits per heavy atom. The quantitative estimate of drug-likeness (QED) is 0.384. The first-order valence-corrected chi connectivity index (χ1v) is 11.2. The van der Waals surface area contributed by atoms with Gasteiger partial charge in [0.1, 0.15) is 5.92 Å². The van der Waals surface area contributed by atoms with Crippen LogP contribution in [0.1, 0.15) is 30.4 Å². The average Bonchev–Trinajstić information content (AvgIpc) is 3.02. The van der Waals surface area contributed by atoms with Crippen molar-refractivity contribution in [1.29, 1.82) is 0 Å². The van der Waals surface area contributed by atoms with Crippen molar-refractivity contribution < 1.29 is 22.7 Å². The second-order valence-corrected chi connectivity index (χ2v) is 9.02. The molecule has 2 aromatic rings. The summed E-state index contributed by atoms with van der Waals surface area (Å²) in [6, 6.07) is 14.5. The third-order valence-electron chi connectivity index (χ3n) is 5.27. The van der Waals surface area contributed by atoms with Crippen LogP contribution < -0.4 is 0 Å². The molecule has 7 heteroatoms. The fourth-order valence-corrected chi connectivity index (χ4v) is 5.56. The molecule has 3 rings (SSSR count). The molecule has 3 atom stereocenters. The largest absolute Gasteiger partial charge is 0.465 e. The van der Waals surface area contributed by atoms with Crippen molar-refractivity contribution in [2.24, 2.45) is 5.92 Å². The molecular weight excluding hydrogens is 402 g/mol. The maximum absolute atomic E-state index is 13.5. The Morgan fingerprint density at radius 1 is 1.13 bits per heavy atom. The number of benzene rings is 2. The first kappa shape index (κ1) is 21.8. The molecule has 0 radical (unpaired) electrons. The summed E-state index contributed by atoms with van der Waals surface area (Å²) in [5, 5.41) is 0. The van der Waals surface area contributed by atoms with E-state index in [1.54, 1.807) is 49.4 Å². The lowest BCUT2D eigenvalue weighted by Crippen LogP contribution is -2.40. The highest BCUT2D eigenvalue weighted by Crippen LogP contribution is 2.44. The summed E-state index contributed by atoms with van der Waals surface area (Å²) in [4.78, 5) is 26.1. The molecule has 1 fully saturated rings. The van der Waals surface area contributed by atoms with Gasteiger partial charge in [0.25, 0.3) is 15.9 Å². The molecule has 1 aliphatic heterocycles. The average molecular weight is 428 g/mol. The van der Waals surface area contributed by atoms with Gasteiger partial charge >= 0.3 is 5.97 Å². The Kier molecular flexibility index (Phi) is 6.41. The molecule has 1 saturated heterocycles. The maximum Gasteiger partial charge on any atom is 0.319 e. The number of carbonyl (C=O) groups is 2. The minimum atomic E-state index is -4.17. The summed E-state index contributed by atoms with van der Waals surface area (Å²) in [6.45, 7) is 7.33. The van der Waals surface area contributed by atoms with Gasteiger partial charge in [-0.1, -0.05) is 54.1 Å². The van der Waals surface area contributed by atoms with Crippen molar-refractivity contribution in [2.45, 2.75) is 37.1 Å². The van der Waals surface area contributed by atoms with Gasteiger partial charge in [-0.05, 0) is 38.0 Å². The molecule has 0 aliphatic carbocycles. The van der Waals surface area contributed by atoms with Gasteiger partial charge in [0.05, 0.1) is 17.5 Å². The lowest BCUT2D eigenvalue weighted by Gasteiger charge is -2.27. The number of amides is 1. The fraction of sp³-hybridized carbons (Fsp3) is 0.304. The van der Waals surface area contributed by atoms with Crippen LogP contribution in [0.3, 0.4) is 0 Å². The van der Waals surface area contributed by atoms with Crippen LogP contribution in [-0.2, 0) is 24.3 Å². The third kappa shape index (κ3) is 3.89. The van der Waals surface area contributed by atoms with Crippen molar-refractivity contribution in [1.82, 2.24) is 4.31 Å². The first-order valence-electron chi connectivity index (χ1n) is 9.80. The monoisotopic (exact) mass is 427 g/mol. The van der Waals surface area contributed by atoms with Crippen LogP contribution in [0.15, 0.2) is 72.1 Å². The fourth-order valence-electron chi connectivity index (χ4n) is 3.93. The number of rotatable bonds is 7. The minimum Gasteiger partial charge on any atom is -0.465 e. The molecule has 30 heavy (non-hydrogen) atoms. The van der Waals surface area contributed by atoms with Gasteiger partial charge in [-0.25, -0.2) is 12.7 Å². The topological polar surface area (TPSA) is 80.8 Å². The van der Waals surface area contributed by atoms with Crippen LogP contribution in [0.2, 0.25) is 0 Å². The van der Waals surface area contributed by atoms with E-state index in [1.807, 2.05) is 13.0 Å². The zero-order chi connectivity index (χ0) is 21.9. The Balaban J connectivity index is 2.16. The summed E-state index contributed by atoms with van der Waals surface area (Å²) in [5.41, 5.74) is 1.60. The van der Waals surface area contributed by atoms with E-state index in [1.165, 1.54) is 12.1 Å². The van der Waals surface area contributed by atoms with Gasteiger partial charge < -0.3 is 4.74 Å². The smallest absolute Gasteiger partial charge is 0.319 e. The molecule has 1 aliphatic rings. The molecule has 0 unspecified atom stereocenters. The van der Waals surface area contributed by atoms with Crippen molar-refractivity contribution in [3.63, 3.8) is 0 Å². The van der Waals surface area contributed by atoms with E-state index >= 15 is 0 Å². The van der Waals surface area contributed by atoms with E-state index < -0.39 is 39.8 Å². The standard InChI is InChI=1S/C23H25NO5S/c1-4-9-19-20(17-10-7-6-8-11-17)21(23(26)29-5-2)22(25)24(19)30(27,28)18-14-12-16(3)13-15-18/h4,6-8,10-15,19-21H,1,5,9H2,2-3H3/t19-,20+,21-/m0/s1. The van der Waals surface area contributed by atoms with Gasteiger partial charge in [0.2, 0.25) is 0 Å². The second kappa shape index (κ2) is 8.83. The summed E-state index contributed by atoms with van der Waals surface area (Å²) >= 11 is 0. The lowest BCUT2D eigenvalue weighted by molar-refractivity contribution is -0.152. The highest BCUT2D eigenvalue weighted by Gasteiger charge is 2.56. The van der Waals surface area contributed by atoms with Crippen LogP contribution in [0.25, 0.3) is 0 Å². The number of esters is 1. The number of carbonyl (C=O) groups excluding carboxylic acids is 2. The van der Waals surface area contributed by atoms with Crippen molar-refractivity contribution in [3.8, 4) is 0 Å². The highest BCUT2D eigenvalue weighted by atomic mass is 32.2. The highest BCUT2D eigenvalue weighted by molar-refractivity contribution is 7.89. The second-order valence-electron chi connectivity index (χ2n) is 7.21. The number of hydrogen-bond donors (Lipinski definition) is 0. The molecule has 2 aromatic carbocycles. The SMILES string of the molecule is C=CC[C@H]1[C@@H](c2ccccc2)[C@H](C(=O)OCC)C(=O)N1S(=O)(=O)c1ccc(C)cc1. The van der Waals surface area contributed by atoms with Crippen LogP contribution in [0, 0.1) is 12.8 Å². The number of hydrogen-bond acceptors (Lipinski definition) is 5. The predicted octanol–water partition coefficient (Wildman–Crippen LogP) is 3.43. The van der Waals surface area contributed by atoms with Crippen LogP contribution in [-0.4, -0.2) is 37.2 Å². The van der Waals surface area contributed by atoms with Crippen molar-refractivity contribution >= 4 is 21.9 Å². The van der Waals surface area contributed by atoms with E-state index in [9.17, 15) is 18.0 Å². The van der Waals surface area contributed by atoms with Gasteiger partial charge in [0, 0.05) is 5.92 Å². The van der Waals surface area contributed by atoms with Crippen LogP contribution in [0.4, 0.5) is 0 Å². The summed E-state index contributed by atoms with van der Waals surface area (Å²) in [6.07, 6.45) is 1.78. The Bertz CT molecular complexity index is 1030. The van der Waals surface area contributed by atoms with Gasteiger partial charge in [-0.3, -0.25) is 9.59 Å². The molecule has 6 nitrogen and oxygen atoms in total. The van der Waals surface area contributed by atoms with Gasteiger partial charge in [-0.2, -0.15) is 0 Å². The number of sulfonamides is 1. The Morgan fingerprint density at radius 2 is 1.77 bits per heavy atom. The number of nitrogens with zero attached hydrogens (tertiary/aromatic N) is 1. The molecule has 0 saturated carbocycles. The number of aryl methyl sites for hydroxylation is 1. The van der Waals surface area contributed by atoms with Crippen LogP contribution >= 0.6 is 0 Å². The van der Waals surface area contributed by atoms with E-state index in [0.717, 1.165) is 9.87 Å². The van der Waals surface area contributed by atoms with Crippen molar-refractivity contribution in [2.75, 3.05) is 6.61 Å². The third-order valence-corrected chi connectivity index (χ3v) is 7.11. The van der Waals surface area contributed by atoms with Crippen molar-refractivity contribution in [3.05, 3.63) is 78.4 Å². The predicted molar refractivity (Wildman–Crippen MR) is 113 cm³/mol. The molecular formula is C23H25NO5S. The first-order chi connectivity index (χ1) is 14.3. The van der Waals surface area contributed by atoms with E-state index in [-0.39, 0.29) is 17.9 Å². The summed E-state index contributed by atoms with van der Waals surface area (Å²) < 4.78 is 32.9. The summed E-state index contributed by atoms with van der Waals surface area (Å²) in [7, 11) is -4.17. The molecule has 0 aromatic heterocycles.